The van der Waals surface area contributed by atoms with Gasteiger partial charge in [-0.3, -0.25) is 14.4 Å². The third-order valence-corrected chi connectivity index (χ3v) is 9.34. The van der Waals surface area contributed by atoms with Gasteiger partial charge in [-0.05, 0) is 96.3 Å². The molecule has 0 spiro atoms. The van der Waals surface area contributed by atoms with Gasteiger partial charge in [0, 0.05) is 19.3 Å². The van der Waals surface area contributed by atoms with Crippen LogP contribution in [0.3, 0.4) is 0 Å². The van der Waals surface area contributed by atoms with Gasteiger partial charge in [-0.2, -0.15) is 0 Å². The third kappa shape index (κ3) is 51.1. The highest BCUT2D eigenvalue weighted by Crippen LogP contribution is 2.10. The summed E-state index contributed by atoms with van der Waals surface area (Å²) in [7, 11) is 0. The third-order valence-electron chi connectivity index (χ3n) is 9.34. The molecule has 0 rings (SSSR count). The lowest BCUT2D eigenvalue weighted by Crippen LogP contribution is -2.30. The number of esters is 3. The molecule has 0 aromatic rings. The Kier molecular flexibility index (Phi) is 48.3. The molecule has 0 saturated heterocycles. The molecule has 0 aliphatic heterocycles. The van der Waals surface area contributed by atoms with Gasteiger partial charge < -0.3 is 14.2 Å². The number of unbranched alkanes of at least 4 members (excludes halogenated alkanes) is 6. The minimum absolute atomic E-state index is 0.153. The number of carbonyl (C=O) groups is 3. The van der Waals surface area contributed by atoms with Crippen molar-refractivity contribution >= 4 is 17.9 Å². The zero-order chi connectivity index (χ0) is 48.6. The molecule has 0 saturated carbocycles. The number of allylic oxidation sites excluding steroid dienone is 32. The Morgan fingerprint density at radius 1 is 0.313 bits per heavy atom. The van der Waals surface area contributed by atoms with Crippen molar-refractivity contribution in [2.45, 2.75) is 155 Å². The van der Waals surface area contributed by atoms with Crippen LogP contribution in [0.4, 0.5) is 0 Å². The van der Waals surface area contributed by atoms with E-state index in [1.54, 1.807) is 0 Å². The maximum absolute atomic E-state index is 12.8. The van der Waals surface area contributed by atoms with E-state index < -0.39 is 18.0 Å². The lowest BCUT2D eigenvalue weighted by Gasteiger charge is -2.18. The topological polar surface area (TPSA) is 78.9 Å². The quantitative estimate of drug-likeness (QED) is 0.0200. The summed E-state index contributed by atoms with van der Waals surface area (Å²) in [6.07, 6.45) is 81.4. The first-order chi connectivity index (χ1) is 33.0. The fraction of sp³-hybridized carbons (Fsp3) is 0.426. The van der Waals surface area contributed by atoms with Gasteiger partial charge in [0.1, 0.15) is 13.2 Å². The first-order valence-electron chi connectivity index (χ1n) is 25.1. The van der Waals surface area contributed by atoms with Crippen molar-refractivity contribution in [3.63, 3.8) is 0 Å². The van der Waals surface area contributed by atoms with Crippen LogP contribution in [0.5, 0.6) is 0 Å². The molecule has 0 fully saturated rings. The lowest BCUT2D eigenvalue weighted by atomic mass is 10.1. The molecule has 0 N–H and O–H groups in total. The molecule has 1 unspecified atom stereocenters. The Hall–Kier alpha value is -5.75. The molecule has 0 aliphatic carbocycles. The largest absolute Gasteiger partial charge is 0.462 e. The van der Waals surface area contributed by atoms with Crippen LogP contribution in [0.25, 0.3) is 0 Å². The molecule has 67 heavy (non-hydrogen) atoms. The van der Waals surface area contributed by atoms with Crippen LogP contribution in [0.1, 0.15) is 149 Å². The van der Waals surface area contributed by atoms with E-state index in [9.17, 15) is 14.4 Å². The molecule has 0 aromatic carbocycles. The molecular weight excluding hydrogens is 829 g/mol. The molecular formula is C61H86O6. The predicted molar refractivity (Wildman–Crippen MR) is 287 cm³/mol. The van der Waals surface area contributed by atoms with Crippen LogP contribution >= 0.6 is 0 Å². The van der Waals surface area contributed by atoms with Crippen LogP contribution in [0.15, 0.2) is 194 Å². The second kappa shape index (κ2) is 52.9. The van der Waals surface area contributed by atoms with Gasteiger partial charge in [-0.25, -0.2) is 0 Å². The first kappa shape index (κ1) is 61.2. The van der Waals surface area contributed by atoms with Gasteiger partial charge in [0.15, 0.2) is 6.10 Å². The van der Waals surface area contributed by atoms with Gasteiger partial charge in [-0.15, -0.1) is 0 Å². The summed E-state index contributed by atoms with van der Waals surface area (Å²) in [6, 6.07) is 0. The second-order valence-corrected chi connectivity index (χ2v) is 15.5. The van der Waals surface area contributed by atoms with Crippen LogP contribution in [0.2, 0.25) is 0 Å². The molecule has 366 valence electrons. The van der Waals surface area contributed by atoms with E-state index in [0.29, 0.717) is 19.3 Å². The van der Waals surface area contributed by atoms with Gasteiger partial charge in [0.05, 0.1) is 0 Å². The second-order valence-electron chi connectivity index (χ2n) is 15.5. The van der Waals surface area contributed by atoms with Crippen molar-refractivity contribution in [3.05, 3.63) is 194 Å². The number of carbonyl (C=O) groups excluding carboxylic acids is 3. The Labute approximate surface area is 407 Å². The summed E-state index contributed by atoms with van der Waals surface area (Å²) < 4.78 is 16.6. The number of hydrogen-bond acceptors (Lipinski definition) is 6. The number of ether oxygens (including phenoxy) is 3. The van der Waals surface area contributed by atoms with E-state index in [4.69, 9.17) is 14.2 Å². The maximum Gasteiger partial charge on any atom is 0.306 e. The van der Waals surface area contributed by atoms with Crippen molar-refractivity contribution in [2.24, 2.45) is 0 Å². The average molecular weight is 915 g/mol. The lowest BCUT2D eigenvalue weighted by molar-refractivity contribution is -0.166. The fourth-order valence-electron chi connectivity index (χ4n) is 5.68. The summed E-state index contributed by atoms with van der Waals surface area (Å²) in [6.45, 7) is 6.05. The number of rotatable bonds is 41. The van der Waals surface area contributed by atoms with E-state index in [1.807, 2.05) is 109 Å². The minimum Gasteiger partial charge on any atom is -0.462 e. The molecule has 0 aliphatic rings. The summed E-state index contributed by atoms with van der Waals surface area (Å²) in [4.78, 5) is 37.9. The summed E-state index contributed by atoms with van der Waals surface area (Å²) >= 11 is 0. The van der Waals surface area contributed by atoms with Crippen LogP contribution in [0, 0.1) is 0 Å². The SMILES string of the molecule is CC\C=C/C=C\C=C/C=C\C=C\C=C/CCCCCC(=O)OC(COC(=O)CC/C=C\C/C=C\C/C=C\C/C=C\C/C=C\C/C=C\CC)COC(=O)CCCCC\C=C/C=C\C=C/C=C\CC. The Morgan fingerprint density at radius 3 is 1.04 bits per heavy atom. The summed E-state index contributed by atoms with van der Waals surface area (Å²) in [5.74, 6) is -1.14. The molecule has 6 heteroatoms. The van der Waals surface area contributed by atoms with Crippen LogP contribution in [-0.4, -0.2) is 37.2 Å². The van der Waals surface area contributed by atoms with Crippen LogP contribution < -0.4 is 0 Å². The molecule has 0 radical (unpaired) electrons. The van der Waals surface area contributed by atoms with E-state index in [0.717, 1.165) is 89.9 Å². The van der Waals surface area contributed by atoms with Gasteiger partial charge in [-0.1, -0.05) is 228 Å². The highest BCUT2D eigenvalue weighted by Gasteiger charge is 2.19. The monoisotopic (exact) mass is 915 g/mol. The molecule has 0 aromatic heterocycles. The molecule has 0 bridgehead atoms. The highest BCUT2D eigenvalue weighted by atomic mass is 16.6. The first-order valence-corrected chi connectivity index (χ1v) is 25.1. The summed E-state index contributed by atoms with van der Waals surface area (Å²) in [5, 5.41) is 0. The fourth-order valence-corrected chi connectivity index (χ4v) is 5.68. The molecule has 0 heterocycles. The Morgan fingerprint density at radius 2 is 0.642 bits per heavy atom. The van der Waals surface area contributed by atoms with Crippen molar-refractivity contribution < 1.29 is 28.6 Å². The van der Waals surface area contributed by atoms with Gasteiger partial charge in [0.2, 0.25) is 0 Å². The van der Waals surface area contributed by atoms with Crippen molar-refractivity contribution in [1.29, 1.82) is 0 Å². The summed E-state index contributed by atoms with van der Waals surface area (Å²) in [5.41, 5.74) is 0. The number of hydrogen-bond donors (Lipinski definition) is 0. The van der Waals surface area contributed by atoms with E-state index in [1.165, 1.54) is 0 Å². The van der Waals surface area contributed by atoms with E-state index in [2.05, 4.69) is 106 Å². The predicted octanol–water partition coefficient (Wildman–Crippen LogP) is 16.7. The van der Waals surface area contributed by atoms with E-state index >= 15 is 0 Å². The van der Waals surface area contributed by atoms with E-state index in [-0.39, 0.29) is 38.4 Å². The molecule has 0 amide bonds. The Bertz CT molecular complexity index is 1710. The van der Waals surface area contributed by atoms with Crippen molar-refractivity contribution in [3.8, 4) is 0 Å². The van der Waals surface area contributed by atoms with Crippen LogP contribution in [-0.2, 0) is 28.6 Å². The smallest absolute Gasteiger partial charge is 0.306 e. The van der Waals surface area contributed by atoms with Crippen molar-refractivity contribution in [2.75, 3.05) is 13.2 Å². The standard InChI is InChI=1S/C61H86O6/c1-4-7-10-13-16-19-22-25-27-29-30-32-33-36-39-42-45-48-51-54-60(63)66-57-58(56-65-59(62)53-50-47-44-41-38-35-24-21-18-15-12-9-6-3)67-61(64)55-52-49-46-43-40-37-34-31-28-26-23-20-17-14-11-8-5-2/h7-12,14-21,23-28,30-32,34-40,45,48,58H,4-6,13,22,29,33,41-44,46-47,49-57H2,1-3H3/b10-7-,11-8-,12-9-,17-14-,18-15-,19-16-,23-20-,24-21-,27-25-,28-26-,32-30-,34-31+,38-35-,39-36-,40-37-,48-45-. The Balaban J connectivity index is 4.71. The maximum atomic E-state index is 12.8. The minimum atomic E-state index is -0.861. The molecule has 6 nitrogen and oxygen atoms in total. The van der Waals surface area contributed by atoms with Crippen molar-refractivity contribution in [1.82, 2.24) is 0 Å². The zero-order valence-electron chi connectivity index (χ0n) is 41.6. The zero-order valence-corrected chi connectivity index (χ0v) is 41.6. The normalized spacial score (nSPS) is 13.8. The highest BCUT2D eigenvalue weighted by molar-refractivity contribution is 5.71. The van der Waals surface area contributed by atoms with Gasteiger partial charge >= 0.3 is 17.9 Å². The molecule has 1 atom stereocenters. The van der Waals surface area contributed by atoms with Gasteiger partial charge in [0.25, 0.3) is 0 Å². The average Bonchev–Trinajstić information content (AvgIpc) is 3.33.